The van der Waals surface area contributed by atoms with Crippen molar-refractivity contribution in [2.75, 3.05) is 7.05 Å². The van der Waals surface area contributed by atoms with Crippen LogP contribution in [0.4, 0.5) is 4.79 Å². The van der Waals surface area contributed by atoms with Gasteiger partial charge in [-0.3, -0.25) is 15.6 Å². The van der Waals surface area contributed by atoms with Gasteiger partial charge in [-0.1, -0.05) is 44.2 Å². The van der Waals surface area contributed by atoms with Crippen LogP contribution in [0.1, 0.15) is 19.4 Å². The van der Waals surface area contributed by atoms with Crippen LogP contribution in [0.15, 0.2) is 30.3 Å². The second-order valence-corrected chi connectivity index (χ2v) is 5.53. The van der Waals surface area contributed by atoms with E-state index in [4.69, 9.17) is 17.0 Å². The van der Waals surface area contributed by atoms with Crippen molar-refractivity contribution >= 4 is 29.3 Å². The van der Waals surface area contributed by atoms with Crippen LogP contribution in [0.25, 0.3) is 0 Å². The molecular weight excluding hydrogens is 316 g/mol. The lowest BCUT2D eigenvalue weighted by atomic mass is 10.0. The van der Waals surface area contributed by atoms with Crippen LogP contribution < -0.4 is 21.5 Å². The minimum absolute atomic E-state index is 0.121. The molecule has 126 valence electrons. The average molecular weight is 338 g/mol. The Morgan fingerprint density at radius 1 is 1.17 bits per heavy atom. The fraction of sp³-hybridized carbons (Fsp3) is 0.400. The van der Waals surface area contributed by atoms with Gasteiger partial charge in [0.1, 0.15) is 12.6 Å². The fourth-order valence-corrected chi connectivity index (χ4v) is 1.74. The van der Waals surface area contributed by atoms with Gasteiger partial charge in [0.15, 0.2) is 5.11 Å². The molecular formula is C15H22N4O3S. The monoisotopic (exact) mass is 338 g/mol. The van der Waals surface area contributed by atoms with Gasteiger partial charge < -0.3 is 15.4 Å². The van der Waals surface area contributed by atoms with Gasteiger partial charge in [0.2, 0.25) is 0 Å². The number of carbonyl (C=O) groups is 2. The summed E-state index contributed by atoms with van der Waals surface area (Å²) in [4.78, 5) is 23.9. The highest BCUT2D eigenvalue weighted by Crippen LogP contribution is 2.04. The molecule has 0 aliphatic carbocycles. The van der Waals surface area contributed by atoms with Crippen molar-refractivity contribution in [3.8, 4) is 0 Å². The summed E-state index contributed by atoms with van der Waals surface area (Å²) in [5, 5.41) is 5.48. The lowest BCUT2D eigenvalue weighted by Gasteiger charge is -2.21. The van der Waals surface area contributed by atoms with E-state index in [0.717, 1.165) is 5.56 Å². The summed E-state index contributed by atoms with van der Waals surface area (Å²) in [6.45, 7) is 3.78. The Morgan fingerprint density at radius 3 is 2.39 bits per heavy atom. The largest absolute Gasteiger partial charge is 0.445 e. The van der Waals surface area contributed by atoms with E-state index in [-0.39, 0.29) is 17.6 Å². The first-order valence-corrected chi connectivity index (χ1v) is 7.59. The Bertz CT molecular complexity index is 537. The molecule has 0 aliphatic rings. The van der Waals surface area contributed by atoms with Gasteiger partial charge in [-0.25, -0.2) is 4.79 Å². The van der Waals surface area contributed by atoms with Crippen molar-refractivity contribution in [3.05, 3.63) is 35.9 Å². The van der Waals surface area contributed by atoms with Gasteiger partial charge in [-0.05, 0) is 23.7 Å². The van der Waals surface area contributed by atoms with Crippen molar-refractivity contribution in [2.24, 2.45) is 5.92 Å². The number of rotatable bonds is 5. The summed E-state index contributed by atoms with van der Waals surface area (Å²) in [5.41, 5.74) is 5.83. The normalized spacial score (nSPS) is 11.3. The second kappa shape index (κ2) is 9.62. The van der Waals surface area contributed by atoms with Crippen LogP contribution in [-0.2, 0) is 16.1 Å². The molecule has 23 heavy (non-hydrogen) atoms. The fourth-order valence-electron chi connectivity index (χ4n) is 1.69. The predicted molar refractivity (Wildman–Crippen MR) is 91.3 cm³/mol. The predicted octanol–water partition coefficient (Wildman–Crippen LogP) is 1.06. The molecule has 0 saturated carbocycles. The molecule has 0 saturated heterocycles. The van der Waals surface area contributed by atoms with E-state index in [1.807, 2.05) is 44.2 Å². The summed E-state index contributed by atoms with van der Waals surface area (Å²) in [7, 11) is 1.63. The van der Waals surface area contributed by atoms with Gasteiger partial charge in [0.25, 0.3) is 5.91 Å². The highest BCUT2D eigenvalue weighted by molar-refractivity contribution is 7.80. The number of carbonyl (C=O) groups excluding carboxylic acids is 2. The van der Waals surface area contributed by atoms with E-state index in [0.29, 0.717) is 0 Å². The Hall–Kier alpha value is -2.35. The third-order valence-corrected chi connectivity index (χ3v) is 3.27. The van der Waals surface area contributed by atoms with Crippen molar-refractivity contribution in [3.63, 3.8) is 0 Å². The Labute approximate surface area is 141 Å². The Morgan fingerprint density at radius 2 is 1.83 bits per heavy atom. The van der Waals surface area contributed by atoms with E-state index >= 15 is 0 Å². The van der Waals surface area contributed by atoms with E-state index in [1.165, 1.54) is 0 Å². The van der Waals surface area contributed by atoms with E-state index < -0.39 is 18.0 Å². The van der Waals surface area contributed by atoms with E-state index in [9.17, 15) is 9.59 Å². The van der Waals surface area contributed by atoms with E-state index in [1.54, 1.807) is 7.05 Å². The standard InChI is InChI=1S/C15H22N4O3S/c1-10(2)12(13(20)18-19-14(23)16-3)17-15(21)22-9-11-7-5-4-6-8-11/h4-8,10,12H,9H2,1-3H3,(H,17,21)(H,18,20)(H2,16,19,23)/t12-/m1/s1. The molecule has 0 bridgehead atoms. The highest BCUT2D eigenvalue weighted by atomic mass is 32.1. The molecule has 0 aromatic heterocycles. The molecule has 0 heterocycles. The number of hydrogen-bond acceptors (Lipinski definition) is 4. The van der Waals surface area contributed by atoms with Crippen LogP contribution in [0, 0.1) is 5.92 Å². The lowest BCUT2D eigenvalue weighted by molar-refractivity contribution is -0.124. The zero-order valence-corrected chi connectivity index (χ0v) is 14.2. The number of thiocarbonyl (C=S) groups is 1. The molecule has 8 heteroatoms. The maximum atomic E-state index is 12.1. The van der Waals surface area contributed by atoms with Gasteiger partial charge >= 0.3 is 6.09 Å². The number of alkyl carbamates (subject to hydrolysis) is 1. The quantitative estimate of drug-likeness (QED) is 0.474. The topological polar surface area (TPSA) is 91.5 Å². The number of hydrazine groups is 1. The number of benzene rings is 1. The van der Waals surface area contributed by atoms with Crippen LogP contribution in [-0.4, -0.2) is 30.2 Å². The molecule has 4 N–H and O–H groups in total. The number of amides is 2. The third-order valence-electron chi connectivity index (χ3n) is 2.96. The molecule has 0 aliphatic heterocycles. The van der Waals surface area contributed by atoms with Crippen molar-refractivity contribution in [2.45, 2.75) is 26.5 Å². The zero-order valence-electron chi connectivity index (χ0n) is 13.4. The van der Waals surface area contributed by atoms with Crippen molar-refractivity contribution in [1.82, 2.24) is 21.5 Å². The van der Waals surface area contributed by atoms with E-state index in [2.05, 4.69) is 21.5 Å². The molecule has 7 nitrogen and oxygen atoms in total. The first-order valence-electron chi connectivity index (χ1n) is 7.18. The minimum Gasteiger partial charge on any atom is -0.445 e. The summed E-state index contributed by atoms with van der Waals surface area (Å²) in [5.74, 6) is -0.529. The number of ether oxygens (including phenoxy) is 1. The summed E-state index contributed by atoms with van der Waals surface area (Å²) in [6.07, 6.45) is -0.654. The molecule has 1 aromatic carbocycles. The van der Waals surface area contributed by atoms with Gasteiger partial charge in [-0.15, -0.1) is 0 Å². The van der Waals surface area contributed by atoms with Gasteiger partial charge in [0, 0.05) is 7.05 Å². The lowest BCUT2D eigenvalue weighted by Crippen LogP contribution is -2.55. The maximum absolute atomic E-state index is 12.1. The van der Waals surface area contributed by atoms with Crippen LogP contribution in [0.3, 0.4) is 0 Å². The first-order chi connectivity index (χ1) is 10.9. The number of nitrogens with one attached hydrogen (secondary N) is 4. The smallest absolute Gasteiger partial charge is 0.408 e. The molecule has 2 amide bonds. The first kappa shape index (κ1) is 18.7. The minimum atomic E-state index is -0.745. The summed E-state index contributed by atoms with van der Waals surface area (Å²) < 4.78 is 5.12. The highest BCUT2D eigenvalue weighted by Gasteiger charge is 2.24. The molecule has 1 aromatic rings. The summed E-state index contributed by atoms with van der Waals surface area (Å²) >= 11 is 4.86. The third kappa shape index (κ3) is 6.96. The SMILES string of the molecule is CNC(=S)NNC(=O)[C@H](NC(=O)OCc1ccccc1)C(C)C. The van der Waals surface area contributed by atoms with Crippen LogP contribution in [0.5, 0.6) is 0 Å². The summed E-state index contributed by atoms with van der Waals surface area (Å²) in [6, 6.07) is 8.55. The van der Waals surface area contributed by atoms with Crippen molar-refractivity contribution in [1.29, 1.82) is 0 Å². The molecule has 1 rings (SSSR count). The average Bonchev–Trinajstić information content (AvgIpc) is 2.55. The molecule has 0 fully saturated rings. The molecule has 0 spiro atoms. The zero-order chi connectivity index (χ0) is 17.2. The van der Waals surface area contributed by atoms with Crippen LogP contribution >= 0.6 is 12.2 Å². The van der Waals surface area contributed by atoms with Crippen molar-refractivity contribution < 1.29 is 14.3 Å². The van der Waals surface area contributed by atoms with Gasteiger partial charge in [-0.2, -0.15) is 0 Å². The number of hydrogen-bond donors (Lipinski definition) is 4. The van der Waals surface area contributed by atoms with Crippen LogP contribution in [0.2, 0.25) is 0 Å². The second-order valence-electron chi connectivity index (χ2n) is 5.12. The Balaban J connectivity index is 2.49. The molecule has 1 atom stereocenters. The Kier molecular flexibility index (Phi) is 7.82. The maximum Gasteiger partial charge on any atom is 0.408 e. The molecule has 0 radical (unpaired) electrons. The molecule has 0 unspecified atom stereocenters. The van der Waals surface area contributed by atoms with Gasteiger partial charge in [0.05, 0.1) is 0 Å².